The second-order valence-corrected chi connectivity index (χ2v) is 5.05. The Labute approximate surface area is 147 Å². The van der Waals surface area contributed by atoms with E-state index in [1.165, 1.54) is 36.4 Å². The molecule has 0 aliphatic heterocycles. The Kier molecular flexibility index (Phi) is 5.36. The molecule has 26 heavy (non-hydrogen) atoms. The van der Waals surface area contributed by atoms with Gasteiger partial charge in [-0.1, -0.05) is 24.3 Å². The van der Waals surface area contributed by atoms with Crippen molar-refractivity contribution in [2.75, 3.05) is 14.2 Å². The first-order valence-electron chi connectivity index (χ1n) is 7.23. The summed E-state index contributed by atoms with van der Waals surface area (Å²) in [6.07, 6.45) is 0. The van der Waals surface area contributed by atoms with Crippen LogP contribution in [-0.4, -0.2) is 48.3 Å². The van der Waals surface area contributed by atoms with Crippen LogP contribution in [0.15, 0.2) is 36.4 Å². The van der Waals surface area contributed by atoms with E-state index < -0.39 is 23.9 Å². The van der Waals surface area contributed by atoms with E-state index in [1.54, 1.807) is 0 Å². The number of ether oxygens (including phenoxy) is 2. The third-order valence-electron chi connectivity index (χ3n) is 3.66. The van der Waals surface area contributed by atoms with Crippen LogP contribution in [0, 0.1) is 0 Å². The highest BCUT2D eigenvalue weighted by Crippen LogP contribution is 2.32. The summed E-state index contributed by atoms with van der Waals surface area (Å²) in [6, 6.07) is 7.95. The smallest absolute Gasteiger partial charge is 0.339 e. The minimum Gasteiger partial charge on any atom is -0.478 e. The van der Waals surface area contributed by atoms with Crippen molar-refractivity contribution >= 4 is 23.9 Å². The fourth-order valence-corrected chi connectivity index (χ4v) is 2.55. The van der Waals surface area contributed by atoms with Crippen molar-refractivity contribution < 1.29 is 38.9 Å². The van der Waals surface area contributed by atoms with Gasteiger partial charge in [-0.2, -0.15) is 0 Å². The molecule has 0 saturated carbocycles. The molecule has 2 N–H and O–H groups in total. The molecule has 0 aromatic heterocycles. The van der Waals surface area contributed by atoms with Crippen molar-refractivity contribution in [1.29, 1.82) is 0 Å². The van der Waals surface area contributed by atoms with E-state index in [1.807, 2.05) is 0 Å². The number of carboxylic acids is 2. The maximum absolute atomic E-state index is 12.2. The first-order chi connectivity index (χ1) is 12.3. The van der Waals surface area contributed by atoms with Gasteiger partial charge in [-0.15, -0.1) is 0 Å². The Morgan fingerprint density at radius 3 is 1.31 bits per heavy atom. The minimum atomic E-state index is -1.37. The number of benzene rings is 2. The predicted octanol–water partition coefficient (Wildman–Crippen LogP) is 2.32. The number of carboxylic acid groups (broad SMARTS) is 2. The van der Waals surface area contributed by atoms with Gasteiger partial charge in [0.25, 0.3) is 0 Å². The van der Waals surface area contributed by atoms with Crippen LogP contribution in [0.5, 0.6) is 0 Å². The summed E-state index contributed by atoms with van der Waals surface area (Å²) in [4.78, 5) is 47.3. The van der Waals surface area contributed by atoms with Crippen molar-refractivity contribution in [2.24, 2.45) is 0 Å². The fraction of sp³-hybridized carbons (Fsp3) is 0.111. The Hall–Kier alpha value is -3.68. The van der Waals surface area contributed by atoms with Crippen LogP contribution in [-0.2, 0) is 9.47 Å². The maximum Gasteiger partial charge on any atom is 0.339 e. The van der Waals surface area contributed by atoms with Gasteiger partial charge in [0.05, 0.1) is 36.5 Å². The van der Waals surface area contributed by atoms with Crippen molar-refractivity contribution in [3.05, 3.63) is 58.7 Å². The normalized spacial score (nSPS) is 10.1. The van der Waals surface area contributed by atoms with Gasteiger partial charge in [-0.3, -0.25) is 0 Å². The van der Waals surface area contributed by atoms with E-state index in [2.05, 4.69) is 9.47 Å². The zero-order valence-corrected chi connectivity index (χ0v) is 13.8. The summed E-state index contributed by atoms with van der Waals surface area (Å²) >= 11 is 0. The summed E-state index contributed by atoms with van der Waals surface area (Å²) in [5, 5.41) is 18.7. The maximum atomic E-state index is 12.2. The number of esters is 2. The molecule has 0 heterocycles. The average molecular weight is 358 g/mol. The Balaban J connectivity index is 2.93. The molecule has 0 radical (unpaired) electrons. The SMILES string of the molecule is COC(=O)c1c(C(=O)O)cccc1-c1cccc(C(=O)O)c1C(=O)OC. The second kappa shape index (κ2) is 7.47. The van der Waals surface area contributed by atoms with Gasteiger partial charge >= 0.3 is 23.9 Å². The molecule has 0 unspecified atom stereocenters. The number of carbonyl (C=O) groups excluding carboxylic acids is 2. The van der Waals surface area contributed by atoms with E-state index in [0.717, 1.165) is 14.2 Å². The lowest BCUT2D eigenvalue weighted by Crippen LogP contribution is -2.15. The standard InChI is InChI=1S/C18H14O8/c1-25-17(23)13-9(5-3-7-11(13)15(19)20)10-6-4-8-12(16(21)22)14(10)18(24)26-2/h3-8H,1-2H3,(H,19,20)(H,21,22). The van der Waals surface area contributed by atoms with Crippen LogP contribution >= 0.6 is 0 Å². The molecule has 2 rings (SSSR count). The zero-order valence-electron chi connectivity index (χ0n) is 13.8. The predicted molar refractivity (Wildman–Crippen MR) is 88.5 cm³/mol. The summed E-state index contributed by atoms with van der Waals surface area (Å²) in [7, 11) is 2.17. The molecule has 2 aromatic rings. The van der Waals surface area contributed by atoms with Crippen LogP contribution in [0.25, 0.3) is 11.1 Å². The van der Waals surface area contributed by atoms with E-state index in [9.17, 15) is 29.4 Å². The van der Waals surface area contributed by atoms with E-state index >= 15 is 0 Å². The van der Waals surface area contributed by atoms with Crippen LogP contribution in [0.2, 0.25) is 0 Å². The van der Waals surface area contributed by atoms with Gasteiger partial charge in [0.1, 0.15) is 0 Å². The summed E-state index contributed by atoms with van der Waals surface area (Å²) < 4.78 is 9.32. The number of aromatic carboxylic acids is 2. The minimum absolute atomic E-state index is 0.0419. The topological polar surface area (TPSA) is 127 Å². The highest BCUT2D eigenvalue weighted by atomic mass is 16.5. The second-order valence-electron chi connectivity index (χ2n) is 5.05. The van der Waals surface area contributed by atoms with E-state index in [-0.39, 0.29) is 33.4 Å². The van der Waals surface area contributed by atoms with Crippen LogP contribution in [0.4, 0.5) is 0 Å². The largest absolute Gasteiger partial charge is 0.478 e. The van der Waals surface area contributed by atoms with Crippen LogP contribution in [0.1, 0.15) is 41.4 Å². The number of rotatable bonds is 5. The van der Waals surface area contributed by atoms with E-state index in [0.29, 0.717) is 0 Å². The Morgan fingerprint density at radius 2 is 1.04 bits per heavy atom. The lowest BCUT2D eigenvalue weighted by molar-refractivity contribution is 0.0578. The van der Waals surface area contributed by atoms with Gasteiger partial charge in [-0.25, -0.2) is 19.2 Å². The van der Waals surface area contributed by atoms with Gasteiger partial charge < -0.3 is 19.7 Å². The lowest BCUT2D eigenvalue weighted by atomic mass is 9.90. The van der Waals surface area contributed by atoms with Crippen molar-refractivity contribution in [3.8, 4) is 11.1 Å². The highest BCUT2D eigenvalue weighted by Gasteiger charge is 2.27. The molecule has 0 bridgehead atoms. The Bertz CT molecular complexity index is 838. The summed E-state index contributed by atoms with van der Waals surface area (Å²) in [5.41, 5.74) is -1.19. The molecular formula is C18H14O8. The summed E-state index contributed by atoms with van der Waals surface area (Å²) in [6.45, 7) is 0. The molecule has 2 aromatic carbocycles. The molecular weight excluding hydrogens is 344 g/mol. The van der Waals surface area contributed by atoms with Crippen molar-refractivity contribution in [2.45, 2.75) is 0 Å². The summed E-state index contributed by atoms with van der Waals surface area (Å²) in [5.74, 6) is -4.62. The van der Waals surface area contributed by atoms with Crippen LogP contribution < -0.4 is 0 Å². The Morgan fingerprint density at radius 1 is 0.692 bits per heavy atom. The van der Waals surface area contributed by atoms with Crippen LogP contribution in [0.3, 0.4) is 0 Å². The molecule has 134 valence electrons. The first kappa shape index (κ1) is 18.7. The molecule has 0 amide bonds. The van der Waals surface area contributed by atoms with Crippen molar-refractivity contribution in [1.82, 2.24) is 0 Å². The highest BCUT2D eigenvalue weighted by molar-refractivity contribution is 6.12. The molecule has 0 spiro atoms. The number of methoxy groups -OCH3 is 2. The molecule has 8 heteroatoms. The zero-order chi connectivity index (χ0) is 19.4. The molecule has 0 atom stereocenters. The number of carbonyl (C=O) groups is 4. The first-order valence-corrected chi connectivity index (χ1v) is 7.23. The third-order valence-corrected chi connectivity index (χ3v) is 3.66. The van der Waals surface area contributed by atoms with Crippen molar-refractivity contribution in [3.63, 3.8) is 0 Å². The number of hydrogen-bond acceptors (Lipinski definition) is 6. The monoisotopic (exact) mass is 358 g/mol. The molecule has 0 fully saturated rings. The fourth-order valence-electron chi connectivity index (χ4n) is 2.55. The lowest BCUT2D eigenvalue weighted by Gasteiger charge is -2.15. The average Bonchev–Trinajstić information content (AvgIpc) is 2.65. The molecule has 0 aliphatic rings. The quantitative estimate of drug-likeness (QED) is 0.780. The van der Waals surface area contributed by atoms with Gasteiger partial charge in [0.15, 0.2) is 0 Å². The molecule has 0 aliphatic carbocycles. The van der Waals surface area contributed by atoms with Gasteiger partial charge in [0, 0.05) is 0 Å². The molecule has 8 nitrogen and oxygen atoms in total. The number of hydrogen-bond donors (Lipinski definition) is 2. The van der Waals surface area contributed by atoms with E-state index in [4.69, 9.17) is 0 Å². The van der Waals surface area contributed by atoms with Gasteiger partial charge in [0.2, 0.25) is 0 Å². The third kappa shape index (κ3) is 3.25. The molecule has 0 saturated heterocycles. The van der Waals surface area contributed by atoms with Gasteiger partial charge in [-0.05, 0) is 23.3 Å².